The molecular weight excluding hydrogens is 1360 g/mol. The minimum atomic E-state index is -1.68. The number of aromatic nitrogens is 6. The number of allylic oxidation sites excluding steroid dienone is 2. The SMILES string of the molecule is C[C@H](NC(=O)CCCNC(=O)c1ccc(NCc2cnc3nc(N)[nH]c(=O)c3n2)cc1)C(=O)C[C@@H](CCCNC(=N)N)C(=O)N[C@@H](CC(=O)O)C(=O)C[C@@H](CSSCCC(=O)Cc1ccc2[nH]c(C(=O)Cc3ccc4[nH]c(C(=O)N5CC6CC67C5=CC(=O)c5ccccc57)cc4c3)cc2c1)C(=O)O. The van der Waals surface area contributed by atoms with E-state index in [1.807, 2.05) is 48.5 Å². The Labute approximate surface area is 595 Å². The maximum Gasteiger partial charge on any atom is 0.307 e. The summed E-state index contributed by atoms with van der Waals surface area (Å²) in [6.45, 7) is 2.38. The number of hydrogen-bond acceptors (Lipinski definition) is 20. The van der Waals surface area contributed by atoms with Crippen LogP contribution in [0.25, 0.3) is 33.0 Å². The van der Waals surface area contributed by atoms with Crippen molar-refractivity contribution in [1.29, 1.82) is 5.41 Å². The molecule has 1 spiro atoms. The zero-order chi connectivity index (χ0) is 73.2. The van der Waals surface area contributed by atoms with Gasteiger partial charge in [-0.15, -0.1) is 0 Å². The van der Waals surface area contributed by atoms with Gasteiger partial charge >= 0.3 is 11.9 Å². The van der Waals surface area contributed by atoms with Crippen molar-refractivity contribution >= 4 is 137 Å². The van der Waals surface area contributed by atoms with Gasteiger partial charge < -0.3 is 63.1 Å². The third-order valence-electron chi connectivity index (χ3n) is 18.5. The molecule has 0 bridgehead atoms. The molecule has 2 aliphatic carbocycles. The first-order valence-corrected chi connectivity index (χ1v) is 35.9. The number of piperidine rings is 1. The van der Waals surface area contributed by atoms with E-state index in [1.165, 1.54) is 23.9 Å². The van der Waals surface area contributed by atoms with E-state index in [4.69, 9.17) is 16.9 Å². The Morgan fingerprint density at radius 2 is 1.47 bits per heavy atom. The monoisotopic (exact) mass is 1440 g/mol. The highest BCUT2D eigenvalue weighted by Crippen LogP contribution is 2.66. The lowest BCUT2D eigenvalue weighted by molar-refractivity contribution is -0.144. The maximum atomic E-state index is 14.0. The van der Waals surface area contributed by atoms with E-state index in [-0.39, 0.29) is 128 Å². The molecule has 534 valence electrons. The van der Waals surface area contributed by atoms with Crippen molar-refractivity contribution in [2.45, 2.75) is 102 Å². The van der Waals surface area contributed by atoms with Crippen LogP contribution in [-0.2, 0) is 58.4 Å². The van der Waals surface area contributed by atoms with E-state index in [0.29, 0.717) is 57.3 Å². The zero-order valence-corrected chi connectivity index (χ0v) is 57.5. The van der Waals surface area contributed by atoms with Crippen molar-refractivity contribution in [2.24, 2.45) is 23.5 Å². The van der Waals surface area contributed by atoms with Crippen LogP contribution in [0.15, 0.2) is 120 Å². The van der Waals surface area contributed by atoms with E-state index in [9.17, 15) is 67.7 Å². The van der Waals surface area contributed by atoms with Gasteiger partial charge in [0, 0.05) is 131 Å². The summed E-state index contributed by atoms with van der Waals surface area (Å²) in [5.41, 5.74) is 17.8. The molecule has 4 aromatic carbocycles. The molecule has 31 heteroatoms. The number of aromatic amines is 3. The maximum absolute atomic E-state index is 14.0. The molecule has 0 radical (unpaired) electrons. The number of likely N-dealkylation sites (tertiary alicyclic amines) is 1. The second-order valence-electron chi connectivity index (χ2n) is 25.9. The van der Waals surface area contributed by atoms with Crippen molar-refractivity contribution < 1.29 is 63.0 Å². The lowest BCUT2D eigenvalue weighted by Crippen LogP contribution is -2.47. The number of aliphatic carboxylic acids is 2. The molecule has 2 fully saturated rings. The average Bonchev–Trinajstić information content (AvgIpc) is 1.50. The first-order chi connectivity index (χ1) is 49.4. The number of carbonyl (C=O) groups is 11. The molecule has 1 aliphatic heterocycles. The van der Waals surface area contributed by atoms with Gasteiger partial charge in [0.05, 0.1) is 48.6 Å². The third-order valence-corrected chi connectivity index (χ3v) is 21.0. The lowest BCUT2D eigenvalue weighted by atomic mass is 9.81. The van der Waals surface area contributed by atoms with Crippen LogP contribution in [0, 0.1) is 23.2 Å². The summed E-state index contributed by atoms with van der Waals surface area (Å²) in [5, 5.41) is 42.4. The molecule has 1 saturated carbocycles. The molecule has 3 aliphatic rings. The molecule has 6 atom stereocenters. The Bertz CT molecular complexity index is 4820. The summed E-state index contributed by atoms with van der Waals surface area (Å²) in [4.78, 5) is 181. The number of hydrogen-bond donors (Lipinski definition) is 13. The number of benzene rings is 4. The molecule has 15 N–H and O–H groups in total. The van der Waals surface area contributed by atoms with Gasteiger partial charge in [0.1, 0.15) is 11.5 Å². The molecule has 103 heavy (non-hydrogen) atoms. The minimum absolute atomic E-state index is 0.00360. The van der Waals surface area contributed by atoms with Crippen LogP contribution in [0.2, 0.25) is 0 Å². The number of carboxylic acids is 2. The number of rotatable bonds is 36. The largest absolute Gasteiger partial charge is 0.481 e. The number of nitrogens with zero attached hydrogens (tertiary/aromatic N) is 4. The van der Waals surface area contributed by atoms with Crippen LogP contribution >= 0.6 is 21.6 Å². The summed E-state index contributed by atoms with van der Waals surface area (Å²) in [5.74, 6) is -9.11. The van der Waals surface area contributed by atoms with Gasteiger partial charge in [0.15, 0.2) is 40.3 Å². The van der Waals surface area contributed by atoms with Gasteiger partial charge in [-0.25, -0.2) is 9.97 Å². The zero-order valence-electron chi connectivity index (χ0n) is 55.9. The highest BCUT2D eigenvalue weighted by Gasteiger charge is 2.67. The topological polar surface area (TPSA) is 471 Å². The molecule has 4 aromatic heterocycles. The molecule has 2 unspecified atom stereocenters. The predicted octanol–water partition coefficient (Wildman–Crippen LogP) is 5.85. The summed E-state index contributed by atoms with van der Waals surface area (Å²) < 4.78 is 0. The smallest absolute Gasteiger partial charge is 0.307 e. The standard InChI is InChI=1S/C72H75N15O14S2/c1-37(80-61(93)9-5-19-76-65(96)40-12-14-46(15-13-40)78-33-47-34-79-64-63(81-47)67(98)86-71(75)85-64)56(89)28-41(6-4-20-77-70(73)74)66(97)84-54(30-62(94)95)59(92)29-44(69(100)101)36-103-102-21-18-48(88)24-38-10-16-51-42(22-38)26-53(82-51)58(91)25-39-11-17-52-43(23-39)27-55(83-52)68(99)87-35-45-32-72(45)50-8-3-2-7-49(50)57(90)31-60(72)87/h2-3,7-8,10-17,22-23,26-27,31,34,37,41,44-45,54,78,82-83H,4-6,9,18-21,24-25,28-30,32-33,35-36H2,1H3,(H,76,96)(H,80,93)(H,84,97)(H,94,95)(H,100,101)(H4,73,74,77)(H3,75,79,85,86,98)/t37-,41+,44-,45?,54-,72?/m0/s1. The molecule has 11 rings (SSSR count). The molecule has 5 heterocycles. The quantitative estimate of drug-likeness (QED) is 0.00720. The predicted molar refractivity (Wildman–Crippen MR) is 385 cm³/mol. The number of H-pyrrole nitrogens is 3. The molecular formula is C72H75N15O14S2. The number of fused-ring (bicyclic) bond motifs is 4. The first-order valence-electron chi connectivity index (χ1n) is 33.4. The highest BCUT2D eigenvalue weighted by molar-refractivity contribution is 8.76. The van der Waals surface area contributed by atoms with E-state index >= 15 is 0 Å². The fourth-order valence-electron chi connectivity index (χ4n) is 13.1. The number of nitrogen functional groups attached to an aromatic ring is 1. The van der Waals surface area contributed by atoms with Gasteiger partial charge in [0.25, 0.3) is 17.4 Å². The number of amides is 4. The van der Waals surface area contributed by atoms with Crippen LogP contribution in [0.1, 0.15) is 129 Å². The van der Waals surface area contributed by atoms with Crippen LogP contribution < -0.4 is 43.6 Å². The Balaban J connectivity index is 0.595. The minimum Gasteiger partial charge on any atom is -0.481 e. The van der Waals surface area contributed by atoms with E-state index in [0.717, 1.165) is 50.3 Å². The Morgan fingerprint density at radius 3 is 2.19 bits per heavy atom. The van der Waals surface area contributed by atoms with Crippen LogP contribution in [0.3, 0.4) is 0 Å². The van der Waals surface area contributed by atoms with Crippen molar-refractivity contribution in [1.82, 2.24) is 56.1 Å². The summed E-state index contributed by atoms with van der Waals surface area (Å²) in [7, 11) is 2.33. The van der Waals surface area contributed by atoms with Gasteiger partial charge in [-0.2, -0.15) is 4.98 Å². The van der Waals surface area contributed by atoms with E-state index in [1.54, 1.807) is 59.5 Å². The van der Waals surface area contributed by atoms with Gasteiger partial charge in [0.2, 0.25) is 17.8 Å². The number of ketones is 5. The van der Waals surface area contributed by atoms with Gasteiger partial charge in [-0.1, -0.05) is 58.0 Å². The number of guanidine groups is 1. The van der Waals surface area contributed by atoms with Crippen LogP contribution in [-0.4, -0.2) is 159 Å². The molecule has 1 saturated heterocycles. The third kappa shape index (κ3) is 17.7. The molecule has 4 amide bonds. The Morgan fingerprint density at radius 1 is 0.767 bits per heavy atom. The number of carboxylic acid groups (broad SMARTS) is 2. The molecule has 8 aromatic rings. The lowest BCUT2D eigenvalue weighted by Gasteiger charge is -2.29. The number of Topliss-reactive ketones (excluding diaryl/α,β-unsaturated/α-hetero) is 4. The highest BCUT2D eigenvalue weighted by atomic mass is 33.1. The number of nitrogens with one attached hydrogen (secondary N) is 9. The summed E-state index contributed by atoms with van der Waals surface area (Å²) in [6.07, 6.45) is 2.56. The van der Waals surface area contributed by atoms with Crippen LogP contribution in [0.4, 0.5) is 11.6 Å². The second kappa shape index (κ2) is 32.1. The summed E-state index contributed by atoms with van der Waals surface area (Å²) >= 11 is 0. The van der Waals surface area contributed by atoms with Crippen molar-refractivity contribution in [3.05, 3.63) is 170 Å². The van der Waals surface area contributed by atoms with E-state index < -0.39 is 90.0 Å². The van der Waals surface area contributed by atoms with Crippen LogP contribution in [0.5, 0.6) is 0 Å². The Hall–Kier alpha value is -11.3. The van der Waals surface area contributed by atoms with E-state index in [2.05, 4.69) is 56.5 Å². The normalized spacial score (nSPS) is 16.1. The van der Waals surface area contributed by atoms with Crippen molar-refractivity contribution in [2.75, 3.05) is 42.2 Å². The van der Waals surface area contributed by atoms with Crippen molar-refractivity contribution in [3.63, 3.8) is 0 Å². The average molecular weight is 1440 g/mol. The number of carbonyl (C=O) groups excluding carboxylic acids is 9. The Kier molecular flexibility index (Phi) is 22.7. The number of nitrogens with two attached hydrogens (primary N) is 2. The fraction of sp³-hybridized carbons (Fsp3) is 0.333. The fourth-order valence-corrected chi connectivity index (χ4v) is 15.4. The van der Waals surface area contributed by atoms with Gasteiger partial charge in [-0.3, -0.25) is 67.9 Å². The molecule has 29 nitrogen and oxygen atoms in total. The number of anilines is 2. The van der Waals surface area contributed by atoms with Gasteiger partial charge in [-0.05, 0) is 116 Å². The van der Waals surface area contributed by atoms with Crippen molar-refractivity contribution in [3.8, 4) is 0 Å². The first kappa shape index (κ1) is 72.9. The second-order valence-corrected chi connectivity index (χ2v) is 28.5. The summed E-state index contributed by atoms with van der Waals surface area (Å²) in [6, 6.07) is 25.9.